The smallest absolute Gasteiger partial charge is 0.307 e. The lowest BCUT2D eigenvalue weighted by atomic mass is 9.87. The average Bonchev–Trinajstić information content (AvgIpc) is 2.94. The van der Waals surface area contributed by atoms with E-state index in [-0.39, 0.29) is 11.8 Å². The van der Waals surface area contributed by atoms with Crippen molar-refractivity contribution in [1.29, 1.82) is 0 Å². The maximum Gasteiger partial charge on any atom is 0.307 e. The number of carboxylic acids is 1. The summed E-state index contributed by atoms with van der Waals surface area (Å²) in [5, 5.41) is 9.30. The SMILES string of the molecule is CCCCCCC=CCCCC(C(=O)O)C1C=CCC1. The number of carbonyl (C=O) groups is 1. The third kappa shape index (κ3) is 6.93. The van der Waals surface area contributed by atoms with Gasteiger partial charge in [-0.15, -0.1) is 0 Å². The van der Waals surface area contributed by atoms with Gasteiger partial charge >= 0.3 is 5.97 Å². The molecule has 0 fully saturated rings. The standard InChI is InChI=1S/C18H30O2/c1-2-3-4-5-6-7-8-9-10-15-17(18(19)20)16-13-11-12-14-16/h7-8,11,13,16-17H,2-6,9-10,12,14-15H2,1H3,(H,19,20). The number of unbranched alkanes of at least 4 members (excludes halogenated alkanes) is 5. The van der Waals surface area contributed by atoms with E-state index in [1.165, 1.54) is 32.1 Å². The van der Waals surface area contributed by atoms with Crippen molar-refractivity contribution < 1.29 is 9.90 Å². The zero-order valence-corrected chi connectivity index (χ0v) is 12.9. The highest BCUT2D eigenvalue weighted by Gasteiger charge is 2.26. The van der Waals surface area contributed by atoms with E-state index in [0.717, 1.165) is 32.1 Å². The molecule has 0 bridgehead atoms. The highest BCUT2D eigenvalue weighted by Crippen LogP contribution is 2.29. The molecule has 0 radical (unpaired) electrons. The molecule has 0 aromatic heterocycles. The van der Waals surface area contributed by atoms with Gasteiger partial charge in [0.25, 0.3) is 0 Å². The first kappa shape index (κ1) is 17.0. The van der Waals surface area contributed by atoms with Crippen molar-refractivity contribution in [2.24, 2.45) is 11.8 Å². The molecule has 1 rings (SSSR count). The molecule has 0 spiro atoms. The van der Waals surface area contributed by atoms with Crippen LogP contribution in [0.25, 0.3) is 0 Å². The van der Waals surface area contributed by atoms with E-state index in [0.29, 0.717) is 0 Å². The Bertz CT molecular complexity index is 317. The second kappa shape index (κ2) is 10.7. The van der Waals surface area contributed by atoms with Crippen molar-refractivity contribution in [1.82, 2.24) is 0 Å². The minimum Gasteiger partial charge on any atom is -0.481 e. The van der Waals surface area contributed by atoms with Crippen LogP contribution in [0, 0.1) is 11.8 Å². The van der Waals surface area contributed by atoms with Gasteiger partial charge in [-0.2, -0.15) is 0 Å². The molecule has 1 N–H and O–H groups in total. The van der Waals surface area contributed by atoms with E-state index in [1.807, 2.05) is 0 Å². The van der Waals surface area contributed by atoms with Crippen LogP contribution in [0.3, 0.4) is 0 Å². The lowest BCUT2D eigenvalue weighted by Gasteiger charge is -2.17. The van der Waals surface area contributed by atoms with Gasteiger partial charge in [0, 0.05) is 0 Å². The number of hydrogen-bond acceptors (Lipinski definition) is 1. The zero-order valence-electron chi connectivity index (χ0n) is 12.9. The molecule has 114 valence electrons. The van der Waals surface area contributed by atoms with Crippen LogP contribution in [0.4, 0.5) is 0 Å². The Labute approximate surface area is 124 Å². The lowest BCUT2D eigenvalue weighted by Crippen LogP contribution is -2.21. The number of hydrogen-bond donors (Lipinski definition) is 1. The second-order valence-corrected chi connectivity index (χ2v) is 5.87. The molecule has 2 heteroatoms. The van der Waals surface area contributed by atoms with Crippen LogP contribution in [0.1, 0.15) is 71.1 Å². The highest BCUT2D eigenvalue weighted by atomic mass is 16.4. The lowest BCUT2D eigenvalue weighted by molar-refractivity contribution is -0.143. The van der Waals surface area contributed by atoms with Gasteiger partial charge in [-0.3, -0.25) is 4.79 Å². The molecule has 2 atom stereocenters. The van der Waals surface area contributed by atoms with Crippen molar-refractivity contribution in [2.75, 3.05) is 0 Å². The molecule has 0 aromatic rings. The summed E-state index contributed by atoms with van der Waals surface area (Å²) in [6, 6.07) is 0. The fourth-order valence-corrected chi connectivity index (χ4v) is 2.89. The van der Waals surface area contributed by atoms with Gasteiger partial charge in [0.05, 0.1) is 5.92 Å². The molecular formula is C18H30O2. The normalized spacial score (nSPS) is 19.8. The zero-order chi connectivity index (χ0) is 14.6. The minimum absolute atomic E-state index is 0.174. The maximum absolute atomic E-state index is 11.3. The Morgan fingerprint density at radius 2 is 2.00 bits per heavy atom. The van der Waals surface area contributed by atoms with Crippen LogP contribution in [-0.4, -0.2) is 11.1 Å². The molecule has 1 aliphatic rings. The van der Waals surface area contributed by atoms with E-state index in [2.05, 4.69) is 31.2 Å². The molecule has 0 heterocycles. The molecule has 20 heavy (non-hydrogen) atoms. The summed E-state index contributed by atoms with van der Waals surface area (Å²) in [5.74, 6) is -0.526. The van der Waals surface area contributed by atoms with Crippen molar-refractivity contribution in [3.63, 3.8) is 0 Å². The fourth-order valence-electron chi connectivity index (χ4n) is 2.89. The van der Waals surface area contributed by atoms with Gasteiger partial charge < -0.3 is 5.11 Å². The van der Waals surface area contributed by atoms with Crippen LogP contribution in [0.5, 0.6) is 0 Å². The maximum atomic E-state index is 11.3. The average molecular weight is 278 g/mol. The molecular weight excluding hydrogens is 248 g/mol. The highest BCUT2D eigenvalue weighted by molar-refractivity contribution is 5.70. The number of allylic oxidation sites excluding steroid dienone is 4. The monoisotopic (exact) mass is 278 g/mol. The van der Waals surface area contributed by atoms with E-state index >= 15 is 0 Å². The predicted octanol–water partition coefficient (Wildman–Crippen LogP) is 5.35. The molecule has 2 unspecified atom stereocenters. The molecule has 0 saturated heterocycles. The molecule has 0 aromatic carbocycles. The van der Waals surface area contributed by atoms with Gasteiger partial charge in [-0.25, -0.2) is 0 Å². The Kier molecular flexibility index (Phi) is 9.10. The van der Waals surface area contributed by atoms with Crippen molar-refractivity contribution in [3.05, 3.63) is 24.3 Å². The Balaban J connectivity index is 2.10. The quantitative estimate of drug-likeness (QED) is 0.408. The van der Waals surface area contributed by atoms with E-state index in [9.17, 15) is 9.90 Å². The summed E-state index contributed by atoms with van der Waals surface area (Å²) in [4.78, 5) is 11.3. The number of rotatable bonds is 11. The predicted molar refractivity (Wildman–Crippen MR) is 84.7 cm³/mol. The van der Waals surface area contributed by atoms with Gasteiger partial charge in [-0.05, 0) is 50.9 Å². The third-order valence-electron chi connectivity index (χ3n) is 4.16. The summed E-state index contributed by atoms with van der Waals surface area (Å²) in [6.07, 6.45) is 20.0. The van der Waals surface area contributed by atoms with Crippen LogP contribution in [0.2, 0.25) is 0 Å². The van der Waals surface area contributed by atoms with Crippen LogP contribution in [0.15, 0.2) is 24.3 Å². The van der Waals surface area contributed by atoms with Gasteiger partial charge in [0.2, 0.25) is 0 Å². The van der Waals surface area contributed by atoms with Gasteiger partial charge in [0.1, 0.15) is 0 Å². The molecule has 0 saturated carbocycles. The van der Waals surface area contributed by atoms with Crippen LogP contribution in [-0.2, 0) is 4.79 Å². The largest absolute Gasteiger partial charge is 0.481 e. The summed E-state index contributed by atoms with van der Waals surface area (Å²) in [5.41, 5.74) is 0. The van der Waals surface area contributed by atoms with Crippen molar-refractivity contribution in [3.8, 4) is 0 Å². The van der Waals surface area contributed by atoms with Crippen LogP contribution < -0.4 is 0 Å². The fraction of sp³-hybridized carbons (Fsp3) is 0.722. The van der Waals surface area contributed by atoms with E-state index in [1.54, 1.807) is 0 Å². The van der Waals surface area contributed by atoms with E-state index in [4.69, 9.17) is 0 Å². The van der Waals surface area contributed by atoms with Crippen molar-refractivity contribution in [2.45, 2.75) is 71.1 Å². The summed E-state index contributed by atoms with van der Waals surface area (Å²) < 4.78 is 0. The Hall–Kier alpha value is -1.05. The van der Waals surface area contributed by atoms with E-state index < -0.39 is 5.97 Å². The molecule has 1 aliphatic carbocycles. The number of aliphatic carboxylic acids is 1. The Morgan fingerprint density at radius 1 is 1.25 bits per heavy atom. The van der Waals surface area contributed by atoms with Gasteiger partial charge in [-0.1, -0.05) is 50.5 Å². The first-order chi connectivity index (χ1) is 9.75. The summed E-state index contributed by atoms with van der Waals surface area (Å²) in [6.45, 7) is 2.23. The van der Waals surface area contributed by atoms with Crippen molar-refractivity contribution >= 4 is 5.97 Å². The second-order valence-electron chi connectivity index (χ2n) is 5.87. The Morgan fingerprint density at radius 3 is 2.60 bits per heavy atom. The first-order valence-corrected chi connectivity index (χ1v) is 8.30. The van der Waals surface area contributed by atoms with Gasteiger partial charge in [0.15, 0.2) is 0 Å². The van der Waals surface area contributed by atoms with Crippen LogP contribution >= 0.6 is 0 Å². The topological polar surface area (TPSA) is 37.3 Å². The molecule has 0 amide bonds. The third-order valence-corrected chi connectivity index (χ3v) is 4.16. The molecule has 0 aliphatic heterocycles. The summed E-state index contributed by atoms with van der Waals surface area (Å²) in [7, 11) is 0. The summed E-state index contributed by atoms with van der Waals surface area (Å²) >= 11 is 0. The number of carboxylic acid groups (broad SMARTS) is 1. The minimum atomic E-state index is -0.620. The first-order valence-electron chi connectivity index (χ1n) is 8.30. The molecule has 2 nitrogen and oxygen atoms in total.